The molecule has 0 saturated carbocycles. The monoisotopic (exact) mass is 398 g/mol. The van der Waals surface area contributed by atoms with E-state index >= 15 is 0 Å². The maximum Gasteiger partial charge on any atom is 0.295 e. The third kappa shape index (κ3) is 3.50. The van der Waals surface area contributed by atoms with Crippen LogP contribution in [-0.2, 0) is 4.79 Å². The van der Waals surface area contributed by atoms with Gasteiger partial charge in [-0.3, -0.25) is 9.59 Å². The first-order valence-corrected chi connectivity index (χ1v) is 9.37. The second-order valence-electron chi connectivity index (χ2n) is 6.26. The Morgan fingerprint density at radius 2 is 1.89 bits per heavy atom. The van der Waals surface area contributed by atoms with Crippen molar-refractivity contribution in [2.75, 3.05) is 32.5 Å². The number of nitrogens with zero attached hydrogens (tertiary/aromatic N) is 2. The highest BCUT2D eigenvalue weighted by Gasteiger charge is 2.35. The van der Waals surface area contributed by atoms with Gasteiger partial charge in [0.25, 0.3) is 11.1 Å². The van der Waals surface area contributed by atoms with Crippen LogP contribution in [0.15, 0.2) is 47.4 Å². The summed E-state index contributed by atoms with van der Waals surface area (Å²) in [5.74, 6) is 1.74. The summed E-state index contributed by atoms with van der Waals surface area (Å²) in [5, 5.41) is -0.294. The van der Waals surface area contributed by atoms with Crippen molar-refractivity contribution in [3.05, 3.63) is 52.9 Å². The van der Waals surface area contributed by atoms with E-state index in [2.05, 4.69) is 0 Å². The molecule has 2 aromatic rings. The molecule has 1 saturated heterocycles. The molecule has 0 aromatic heterocycles. The summed E-state index contributed by atoms with van der Waals surface area (Å²) >= 11 is 0.933. The number of carbonyl (C=O) groups excluding carboxylic acids is 2. The Kier molecular flexibility index (Phi) is 4.87. The van der Waals surface area contributed by atoms with E-state index in [9.17, 15) is 9.59 Å². The molecule has 2 aliphatic heterocycles. The minimum absolute atomic E-state index is 0.162. The van der Waals surface area contributed by atoms with Crippen molar-refractivity contribution < 1.29 is 23.8 Å². The molecule has 2 heterocycles. The number of ether oxygens (including phenoxy) is 3. The van der Waals surface area contributed by atoms with Crippen LogP contribution in [0.4, 0.5) is 10.5 Å². The Hall–Kier alpha value is -3.13. The van der Waals surface area contributed by atoms with Gasteiger partial charge in [-0.05, 0) is 59.8 Å². The van der Waals surface area contributed by atoms with Gasteiger partial charge in [0.2, 0.25) is 6.79 Å². The van der Waals surface area contributed by atoms with Crippen molar-refractivity contribution in [1.82, 2.24) is 4.90 Å². The lowest BCUT2D eigenvalue weighted by Gasteiger charge is -2.24. The first-order chi connectivity index (χ1) is 13.5. The molecule has 144 valence electrons. The minimum Gasteiger partial charge on any atom is -0.497 e. The molecular formula is C20H18N2O5S. The van der Waals surface area contributed by atoms with Crippen LogP contribution in [0.1, 0.15) is 5.56 Å². The van der Waals surface area contributed by atoms with Gasteiger partial charge in [-0.25, -0.2) is 4.90 Å². The molecule has 0 atom stereocenters. The van der Waals surface area contributed by atoms with Crippen LogP contribution in [0.2, 0.25) is 0 Å². The van der Waals surface area contributed by atoms with Crippen LogP contribution in [-0.4, -0.2) is 43.7 Å². The molecule has 2 aliphatic rings. The molecule has 0 unspecified atom stereocenters. The number of anilines is 1. The molecule has 28 heavy (non-hydrogen) atoms. The van der Waals surface area contributed by atoms with Crippen molar-refractivity contribution in [3.63, 3.8) is 0 Å². The highest BCUT2D eigenvalue weighted by molar-refractivity contribution is 8.18. The molecule has 2 aromatic carbocycles. The molecule has 7 nitrogen and oxygen atoms in total. The smallest absolute Gasteiger partial charge is 0.295 e. The topological polar surface area (TPSA) is 68.3 Å². The zero-order valence-corrected chi connectivity index (χ0v) is 16.2. The first-order valence-electron chi connectivity index (χ1n) is 8.55. The Balaban J connectivity index is 1.48. The maximum atomic E-state index is 12.7. The fourth-order valence-corrected chi connectivity index (χ4v) is 3.74. The predicted octanol–water partition coefficient (Wildman–Crippen LogP) is 3.55. The third-order valence-electron chi connectivity index (χ3n) is 4.43. The van der Waals surface area contributed by atoms with Gasteiger partial charge in [0.15, 0.2) is 11.5 Å². The van der Waals surface area contributed by atoms with E-state index in [0.29, 0.717) is 16.4 Å². The van der Waals surface area contributed by atoms with Crippen LogP contribution in [0.25, 0.3) is 6.08 Å². The van der Waals surface area contributed by atoms with Gasteiger partial charge in [-0.2, -0.15) is 0 Å². The van der Waals surface area contributed by atoms with Gasteiger partial charge in [0.1, 0.15) is 12.4 Å². The van der Waals surface area contributed by atoms with Crippen molar-refractivity contribution in [2.45, 2.75) is 0 Å². The van der Waals surface area contributed by atoms with Gasteiger partial charge in [0.05, 0.1) is 12.0 Å². The zero-order chi connectivity index (χ0) is 19.7. The average Bonchev–Trinajstić information content (AvgIpc) is 3.27. The lowest BCUT2D eigenvalue weighted by molar-refractivity contribution is -0.122. The van der Waals surface area contributed by atoms with E-state index in [1.165, 1.54) is 4.90 Å². The summed E-state index contributed by atoms with van der Waals surface area (Å²) < 4.78 is 15.8. The number of carbonyl (C=O) groups is 2. The normalized spacial score (nSPS) is 16.8. The SMILES string of the molecule is COc1ccc(N(C)CN2C(=O)S/C(=C\c3ccc4c(c3)OCO4)C2=O)cc1. The Labute approximate surface area is 166 Å². The summed E-state index contributed by atoms with van der Waals surface area (Å²) in [6, 6.07) is 12.8. The summed E-state index contributed by atoms with van der Waals surface area (Å²) in [6.07, 6.45) is 1.69. The van der Waals surface area contributed by atoms with E-state index in [1.807, 2.05) is 42.3 Å². The number of hydrogen-bond donors (Lipinski definition) is 0. The van der Waals surface area contributed by atoms with Crippen LogP contribution >= 0.6 is 11.8 Å². The lowest BCUT2D eigenvalue weighted by atomic mass is 10.2. The number of hydrogen-bond acceptors (Lipinski definition) is 7. The summed E-state index contributed by atoms with van der Waals surface area (Å²) in [6.45, 7) is 0.350. The van der Waals surface area contributed by atoms with Crippen molar-refractivity contribution >= 4 is 34.7 Å². The Morgan fingerprint density at radius 3 is 2.64 bits per heavy atom. The third-order valence-corrected chi connectivity index (χ3v) is 5.34. The fourth-order valence-electron chi connectivity index (χ4n) is 2.91. The van der Waals surface area contributed by atoms with Gasteiger partial charge < -0.3 is 19.1 Å². The first kappa shape index (κ1) is 18.2. The van der Waals surface area contributed by atoms with Crippen molar-refractivity contribution in [3.8, 4) is 17.2 Å². The number of rotatable bonds is 5. The molecular weight excluding hydrogens is 380 g/mol. The zero-order valence-electron chi connectivity index (χ0n) is 15.4. The number of benzene rings is 2. The van der Waals surface area contributed by atoms with E-state index in [1.54, 1.807) is 25.3 Å². The number of amides is 2. The summed E-state index contributed by atoms with van der Waals surface area (Å²) in [7, 11) is 3.43. The van der Waals surface area contributed by atoms with Crippen LogP contribution in [0, 0.1) is 0 Å². The highest BCUT2D eigenvalue weighted by atomic mass is 32.2. The highest BCUT2D eigenvalue weighted by Crippen LogP contribution is 2.36. The van der Waals surface area contributed by atoms with E-state index < -0.39 is 0 Å². The predicted molar refractivity (Wildman–Crippen MR) is 107 cm³/mol. The Bertz CT molecular complexity index is 958. The van der Waals surface area contributed by atoms with Gasteiger partial charge in [0, 0.05) is 12.7 Å². The number of imide groups is 1. The molecule has 0 spiro atoms. The molecule has 0 aliphatic carbocycles. The second-order valence-corrected chi connectivity index (χ2v) is 7.25. The van der Waals surface area contributed by atoms with Gasteiger partial charge >= 0.3 is 0 Å². The van der Waals surface area contributed by atoms with E-state index in [0.717, 1.165) is 28.8 Å². The van der Waals surface area contributed by atoms with E-state index in [4.69, 9.17) is 14.2 Å². The van der Waals surface area contributed by atoms with Crippen LogP contribution in [0.3, 0.4) is 0 Å². The maximum absolute atomic E-state index is 12.7. The molecule has 4 rings (SSSR count). The summed E-state index contributed by atoms with van der Waals surface area (Å²) in [5.41, 5.74) is 1.65. The second kappa shape index (κ2) is 7.47. The number of thioether (sulfide) groups is 1. The van der Waals surface area contributed by atoms with Crippen LogP contribution < -0.4 is 19.1 Å². The average molecular weight is 398 g/mol. The molecule has 0 radical (unpaired) electrons. The lowest BCUT2D eigenvalue weighted by Crippen LogP contribution is -2.38. The molecule has 0 N–H and O–H groups in total. The van der Waals surface area contributed by atoms with Crippen LogP contribution in [0.5, 0.6) is 17.2 Å². The Morgan fingerprint density at radius 1 is 1.14 bits per heavy atom. The standard InChI is InChI=1S/C20H18N2O5S/c1-21(14-4-6-15(25-2)7-5-14)11-22-19(23)18(28-20(22)24)10-13-3-8-16-17(9-13)27-12-26-16/h3-10H,11-12H2,1-2H3/b18-10-. The molecule has 8 heteroatoms. The van der Waals surface area contributed by atoms with Gasteiger partial charge in [-0.15, -0.1) is 0 Å². The largest absolute Gasteiger partial charge is 0.497 e. The minimum atomic E-state index is -0.312. The number of fused-ring (bicyclic) bond motifs is 1. The van der Waals surface area contributed by atoms with Crippen molar-refractivity contribution in [2.24, 2.45) is 0 Å². The molecule has 0 bridgehead atoms. The number of methoxy groups -OCH3 is 1. The fraction of sp³-hybridized carbons (Fsp3) is 0.200. The molecule has 1 fully saturated rings. The quantitative estimate of drug-likeness (QED) is 0.714. The van der Waals surface area contributed by atoms with Crippen molar-refractivity contribution in [1.29, 1.82) is 0 Å². The van der Waals surface area contributed by atoms with Gasteiger partial charge in [-0.1, -0.05) is 6.07 Å². The molecule has 2 amide bonds. The van der Waals surface area contributed by atoms with E-state index in [-0.39, 0.29) is 24.6 Å². The summed E-state index contributed by atoms with van der Waals surface area (Å²) in [4.78, 5) is 28.6.